The number of benzene rings is 2. The lowest BCUT2D eigenvalue weighted by atomic mass is 9.94. The van der Waals surface area contributed by atoms with E-state index in [1.165, 1.54) is 0 Å². The molecule has 0 radical (unpaired) electrons. The number of methoxy groups -OCH3 is 1. The minimum absolute atomic E-state index is 0.162. The van der Waals surface area contributed by atoms with Crippen molar-refractivity contribution in [1.82, 2.24) is 20.4 Å². The van der Waals surface area contributed by atoms with Crippen molar-refractivity contribution in [3.8, 4) is 17.1 Å². The Morgan fingerprint density at radius 1 is 1.12 bits per heavy atom. The van der Waals surface area contributed by atoms with Crippen LogP contribution in [-0.2, 0) is 0 Å². The maximum absolute atomic E-state index is 5.79. The topological polar surface area (TPSA) is 63.4 Å². The van der Waals surface area contributed by atoms with Crippen molar-refractivity contribution in [3.05, 3.63) is 71.7 Å². The fourth-order valence-electron chi connectivity index (χ4n) is 3.96. The van der Waals surface area contributed by atoms with Gasteiger partial charge in [-0.15, -0.1) is 0 Å². The van der Waals surface area contributed by atoms with Crippen molar-refractivity contribution in [2.75, 3.05) is 13.7 Å². The van der Waals surface area contributed by atoms with Crippen LogP contribution in [0.1, 0.15) is 50.6 Å². The molecule has 0 aliphatic carbocycles. The van der Waals surface area contributed by atoms with Gasteiger partial charge in [-0.1, -0.05) is 67.4 Å². The molecule has 1 aromatic heterocycles. The van der Waals surface area contributed by atoms with Crippen molar-refractivity contribution in [2.45, 2.75) is 39.2 Å². The summed E-state index contributed by atoms with van der Waals surface area (Å²) in [7, 11) is 1.64. The van der Waals surface area contributed by atoms with Gasteiger partial charge in [0.2, 0.25) is 5.82 Å². The molecule has 0 fully saturated rings. The highest BCUT2D eigenvalue weighted by molar-refractivity contribution is 7.80. The van der Waals surface area contributed by atoms with Gasteiger partial charge in [-0.05, 0) is 43.3 Å². The van der Waals surface area contributed by atoms with Crippen LogP contribution >= 0.6 is 12.2 Å². The number of hydrogen-bond acceptors (Lipinski definition) is 5. The molecule has 3 aromatic rings. The molecule has 0 bridgehead atoms. The number of nitrogens with one attached hydrogen (secondary N) is 1. The number of rotatable bonds is 8. The number of unbranched alkanes of at least 4 members (excludes halogenated alkanes) is 2. The molecule has 1 aliphatic rings. The molecule has 0 saturated heterocycles. The predicted octanol–water partition coefficient (Wildman–Crippen LogP) is 5.60. The second-order valence-electron chi connectivity index (χ2n) is 7.81. The summed E-state index contributed by atoms with van der Waals surface area (Å²) < 4.78 is 11.1. The summed E-state index contributed by atoms with van der Waals surface area (Å²) in [6.45, 7) is 5.14. The second-order valence-corrected chi connectivity index (χ2v) is 8.19. The quantitative estimate of drug-likeness (QED) is 0.355. The Bertz CT molecular complexity index is 1110. The van der Waals surface area contributed by atoms with Crippen LogP contribution in [0.2, 0.25) is 0 Å². The lowest BCUT2D eigenvalue weighted by molar-refractivity contribution is 0.395. The van der Waals surface area contributed by atoms with Gasteiger partial charge in [0.1, 0.15) is 5.75 Å². The van der Waals surface area contributed by atoms with Gasteiger partial charge in [0, 0.05) is 17.8 Å². The zero-order valence-electron chi connectivity index (χ0n) is 18.7. The van der Waals surface area contributed by atoms with Gasteiger partial charge in [-0.25, -0.2) is 0 Å². The minimum atomic E-state index is -0.162. The third-order valence-electron chi connectivity index (χ3n) is 5.70. The number of nitrogens with zero attached hydrogens (tertiary/aromatic N) is 3. The molecule has 0 spiro atoms. The van der Waals surface area contributed by atoms with E-state index < -0.39 is 0 Å². The lowest BCUT2D eigenvalue weighted by Gasteiger charge is -2.37. The van der Waals surface area contributed by atoms with E-state index in [4.69, 9.17) is 26.5 Å². The summed E-state index contributed by atoms with van der Waals surface area (Å²) in [6.07, 6.45) is 3.38. The Morgan fingerprint density at radius 2 is 1.94 bits per heavy atom. The minimum Gasteiger partial charge on any atom is -0.497 e. The Labute approximate surface area is 194 Å². The zero-order valence-corrected chi connectivity index (χ0v) is 19.5. The van der Waals surface area contributed by atoms with E-state index in [1.807, 2.05) is 42.5 Å². The summed E-state index contributed by atoms with van der Waals surface area (Å²) in [6, 6.07) is 17.7. The molecule has 2 aromatic carbocycles. The summed E-state index contributed by atoms with van der Waals surface area (Å²) in [5.41, 5.74) is 3.92. The Kier molecular flexibility index (Phi) is 6.85. The predicted molar refractivity (Wildman–Crippen MR) is 130 cm³/mol. The van der Waals surface area contributed by atoms with Crippen molar-refractivity contribution in [2.24, 2.45) is 0 Å². The highest BCUT2D eigenvalue weighted by Crippen LogP contribution is 2.37. The van der Waals surface area contributed by atoms with E-state index in [9.17, 15) is 0 Å². The monoisotopic (exact) mass is 448 g/mol. The largest absolute Gasteiger partial charge is 0.497 e. The van der Waals surface area contributed by atoms with Crippen LogP contribution in [0.3, 0.4) is 0 Å². The number of ether oxygens (including phenoxy) is 1. The Morgan fingerprint density at radius 3 is 2.69 bits per heavy atom. The summed E-state index contributed by atoms with van der Waals surface area (Å²) in [5.74, 6) is 1.76. The Hall–Kier alpha value is -3.19. The van der Waals surface area contributed by atoms with Crippen LogP contribution < -0.4 is 10.1 Å². The summed E-state index contributed by atoms with van der Waals surface area (Å²) in [4.78, 5) is 6.91. The molecule has 4 rings (SSSR count). The van der Waals surface area contributed by atoms with Crippen molar-refractivity contribution >= 4 is 22.9 Å². The molecule has 6 nitrogen and oxygen atoms in total. The molecular formula is C25H28N4O2S. The van der Waals surface area contributed by atoms with E-state index in [1.54, 1.807) is 7.11 Å². The fraction of sp³-hybridized carbons (Fsp3) is 0.320. The van der Waals surface area contributed by atoms with Crippen molar-refractivity contribution in [3.63, 3.8) is 0 Å². The first kappa shape index (κ1) is 22.0. The van der Waals surface area contributed by atoms with Crippen molar-refractivity contribution in [1.29, 1.82) is 0 Å². The van der Waals surface area contributed by atoms with Crippen LogP contribution in [0.5, 0.6) is 5.75 Å². The van der Waals surface area contributed by atoms with Crippen molar-refractivity contribution < 1.29 is 9.26 Å². The van der Waals surface area contributed by atoms with Gasteiger partial charge in [-0.2, -0.15) is 4.98 Å². The fourth-order valence-corrected chi connectivity index (χ4v) is 4.30. The summed E-state index contributed by atoms with van der Waals surface area (Å²) in [5, 5.41) is 8.50. The molecule has 0 amide bonds. The molecular weight excluding hydrogens is 420 g/mol. The van der Waals surface area contributed by atoms with Crippen LogP contribution in [0, 0.1) is 0 Å². The summed E-state index contributed by atoms with van der Waals surface area (Å²) >= 11 is 5.74. The van der Waals surface area contributed by atoms with Gasteiger partial charge in [0.15, 0.2) is 5.11 Å². The van der Waals surface area contributed by atoms with Crippen LogP contribution in [0.4, 0.5) is 0 Å². The lowest BCUT2D eigenvalue weighted by Crippen LogP contribution is -2.46. The second kappa shape index (κ2) is 9.96. The average Bonchev–Trinajstić information content (AvgIpc) is 3.31. The highest BCUT2D eigenvalue weighted by atomic mass is 32.1. The van der Waals surface area contributed by atoms with Crippen LogP contribution in [-0.4, -0.2) is 33.8 Å². The molecule has 1 atom stereocenters. The first-order valence-corrected chi connectivity index (χ1v) is 11.4. The molecule has 166 valence electrons. The van der Waals surface area contributed by atoms with Crippen LogP contribution in [0.25, 0.3) is 17.0 Å². The van der Waals surface area contributed by atoms with Crippen LogP contribution in [0.15, 0.2) is 64.8 Å². The van der Waals surface area contributed by atoms with E-state index >= 15 is 0 Å². The van der Waals surface area contributed by atoms with E-state index in [-0.39, 0.29) is 6.04 Å². The smallest absolute Gasteiger partial charge is 0.258 e. The standard InChI is InChI=1S/C25H28N4O2S/c1-4-5-9-15-29-17(2)21(22(26-25(29)32)18-11-7-6-8-12-18)24-27-23(28-31-24)19-13-10-14-20(16-19)30-3/h6-8,10-14,16,22H,4-5,9,15H2,1-3H3,(H,26,32). The molecule has 32 heavy (non-hydrogen) atoms. The molecule has 1 aliphatic heterocycles. The maximum atomic E-state index is 5.79. The number of hydrogen-bond donors (Lipinski definition) is 1. The first-order valence-electron chi connectivity index (χ1n) is 10.9. The molecule has 1 unspecified atom stereocenters. The SMILES string of the molecule is CCCCCN1C(=S)NC(c2ccccc2)C(c2nc(-c3cccc(OC)c3)no2)=C1C. The number of aromatic nitrogens is 2. The molecule has 0 saturated carbocycles. The van der Waals surface area contributed by atoms with E-state index in [2.05, 4.69) is 41.4 Å². The van der Waals surface area contributed by atoms with Gasteiger partial charge >= 0.3 is 0 Å². The number of thiocarbonyl (C=S) groups is 1. The third kappa shape index (κ3) is 4.53. The van der Waals surface area contributed by atoms with Gasteiger partial charge in [-0.3, -0.25) is 0 Å². The highest BCUT2D eigenvalue weighted by Gasteiger charge is 2.33. The molecule has 7 heteroatoms. The van der Waals surface area contributed by atoms with E-state index in [0.717, 1.165) is 59.1 Å². The first-order chi connectivity index (χ1) is 15.6. The molecule has 2 heterocycles. The normalized spacial score (nSPS) is 16.3. The van der Waals surface area contributed by atoms with Gasteiger partial charge < -0.3 is 19.5 Å². The average molecular weight is 449 g/mol. The third-order valence-corrected chi connectivity index (χ3v) is 6.04. The van der Waals surface area contributed by atoms with Gasteiger partial charge in [0.25, 0.3) is 5.89 Å². The number of allylic oxidation sites excluding steroid dienone is 1. The Balaban J connectivity index is 1.76. The van der Waals surface area contributed by atoms with Gasteiger partial charge in [0.05, 0.1) is 18.7 Å². The zero-order chi connectivity index (χ0) is 22.5. The molecule has 1 N–H and O–H groups in total. The maximum Gasteiger partial charge on any atom is 0.258 e. The van der Waals surface area contributed by atoms with E-state index in [0.29, 0.717) is 11.7 Å².